The molecule has 0 unspecified atom stereocenters. The molecule has 0 saturated heterocycles. The average Bonchev–Trinajstić information content (AvgIpc) is 3.10. The largest absolute Gasteiger partial charge is 0.497 e. The molecule has 5 heteroatoms. The molecule has 0 aliphatic carbocycles. The number of benzene rings is 2. The number of aryl methyl sites for hydroxylation is 2. The van der Waals surface area contributed by atoms with Crippen LogP contribution < -0.4 is 10.3 Å². The first-order chi connectivity index (χ1) is 12.6. The van der Waals surface area contributed by atoms with Crippen molar-refractivity contribution < 1.29 is 4.74 Å². The van der Waals surface area contributed by atoms with E-state index >= 15 is 0 Å². The second-order valence-electron chi connectivity index (χ2n) is 6.33. The quantitative estimate of drug-likeness (QED) is 0.568. The molecular formula is C21H19N3O2. The van der Waals surface area contributed by atoms with Crippen LogP contribution in [-0.4, -0.2) is 21.1 Å². The molecule has 4 aromatic rings. The maximum atomic E-state index is 12.9. The van der Waals surface area contributed by atoms with E-state index in [0.717, 1.165) is 22.7 Å². The minimum Gasteiger partial charge on any atom is -0.497 e. The van der Waals surface area contributed by atoms with Crippen molar-refractivity contribution in [3.8, 4) is 22.7 Å². The summed E-state index contributed by atoms with van der Waals surface area (Å²) in [4.78, 5) is 17.5. The standard InChI is InChI=1S/C21H19N3O2/c1-14-4-5-16(12-15(14)2)19-13-23-10-11-24(21(25)20(23)22-19)17-6-8-18(26-3)9-7-17/h4-13H,1-3H3. The third kappa shape index (κ3) is 2.67. The molecule has 0 bridgehead atoms. The summed E-state index contributed by atoms with van der Waals surface area (Å²) in [5.74, 6) is 0.751. The van der Waals surface area contributed by atoms with E-state index < -0.39 is 0 Å². The third-order valence-electron chi connectivity index (χ3n) is 4.67. The van der Waals surface area contributed by atoms with Crippen LogP contribution in [0.5, 0.6) is 5.75 Å². The Labute approximate surface area is 151 Å². The Morgan fingerprint density at radius 2 is 1.73 bits per heavy atom. The van der Waals surface area contributed by atoms with E-state index in [4.69, 9.17) is 4.74 Å². The van der Waals surface area contributed by atoms with Crippen LogP contribution in [0.15, 0.2) is 65.8 Å². The molecule has 0 fully saturated rings. The highest BCUT2D eigenvalue weighted by molar-refractivity contribution is 5.64. The number of rotatable bonds is 3. The topological polar surface area (TPSA) is 48.5 Å². The lowest BCUT2D eigenvalue weighted by atomic mass is 10.1. The molecule has 0 spiro atoms. The van der Waals surface area contributed by atoms with Gasteiger partial charge in [-0.2, -0.15) is 0 Å². The lowest BCUT2D eigenvalue weighted by Crippen LogP contribution is -2.19. The van der Waals surface area contributed by atoms with Gasteiger partial charge in [-0.15, -0.1) is 0 Å². The van der Waals surface area contributed by atoms with Crippen LogP contribution >= 0.6 is 0 Å². The fraction of sp³-hybridized carbons (Fsp3) is 0.143. The molecule has 0 aliphatic heterocycles. The van der Waals surface area contributed by atoms with Gasteiger partial charge in [0.15, 0.2) is 0 Å². The Hall–Kier alpha value is -3.34. The first-order valence-electron chi connectivity index (χ1n) is 8.39. The normalized spacial score (nSPS) is 11.0. The van der Waals surface area contributed by atoms with Crippen molar-refractivity contribution >= 4 is 5.65 Å². The van der Waals surface area contributed by atoms with Gasteiger partial charge in [-0.25, -0.2) is 4.98 Å². The molecule has 5 nitrogen and oxygen atoms in total. The third-order valence-corrected chi connectivity index (χ3v) is 4.67. The van der Waals surface area contributed by atoms with Crippen LogP contribution in [0.3, 0.4) is 0 Å². The molecule has 26 heavy (non-hydrogen) atoms. The number of hydrogen-bond donors (Lipinski definition) is 0. The summed E-state index contributed by atoms with van der Waals surface area (Å²) in [7, 11) is 1.62. The number of hydrogen-bond acceptors (Lipinski definition) is 3. The van der Waals surface area contributed by atoms with Crippen LogP contribution in [0.25, 0.3) is 22.6 Å². The molecule has 4 rings (SSSR count). The minimum atomic E-state index is -0.159. The van der Waals surface area contributed by atoms with E-state index in [1.165, 1.54) is 11.1 Å². The number of imidazole rings is 1. The highest BCUT2D eigenvalue weighted by Crippen LogP contribution is 2.21. The maximum Gasteiger partial charge on any atom is 0.298 e. The van der Waals surface area contributed by atoms with Gasteiger partial charge < -0.3 is 9.14 Å². The van der Waals surface area contributed by atoms with Crippen LogP contribution in [0.2, 0.25) is 0 Å². The second kappa shape index (κ2) is 6.19. The van der Waals surface area contributed by atoms with E-state index in [1.54, 1.807) is 22.3 Å². The zero-order valence-corrected chi connectivity index (χ0v) is 14.9. The van der Waals surface area contributed by atoms with Gasteiger partial charge in [0.2, 0.25) is 5.65 Å². The van der Waals surface area contributed by atoms with Gasteiger partial charge in [0.05, 0.1) is 12.8 Å². The zero-order chi connectivity index (χ0) is 18.3. The second-order valence-corrected chi connectivity index (χ2v) is 6.33. The zero-order valence-electron chi connectivity index (χ0n) is 14.9. The molecule has 0 amide bonds. The molecular weight excluding hydrogens is 326 g/mol. The summed E-state index contributed by atoms with van der Waals surface area (Å²) in [6, 6.07) is 13.6. The molecule has 0 atom stereocenters. The number of nitrogens with zero attached hydrogens (tertiary/aromatic N) is 3. The van der Waals surface area contributed by atoms with E-state index in [0.29, 0.717) is 5.65 Å². The predicted octanol–water partition coefficient (Wildman–Crippen LogP) is 3.78. The van der Waals surface area contributed by atoms with Gasteiger partial charge in [0.1, 0.15) is 5.75 Å². The summed E-state index contributed by atoms with van der Waals surface area (Å²) in [5.41, 5.74) is 5.25. The highest BCUT2D eigenvalue weighted by Gasteiger charge is 2.11. The monoisotopic (exact) mass is 345 g/mol. The summed E-state index contributed by atoms with van der Waals surface area (Å²) in [6.07, 6.45) is 5.49. The van der Waals surface area contributed by atoms with Crippen molar-refractivity contribution in [3.05, 3.63) is 82.5 Å². The predicted molar refractivity (Wildman–Crippen MR) is 102 cm³/mol. The van der Waals surface area contributed by atoms with Gasteiger partial charge in [-0.05, 0) is 55.3 Å². The van der Waals surface area contributed by atoms with Crippen LogP contribution in [0.1, 0.15) is 11.1 Å². The van der Waals surface area contributed by atoms with E-state index in [2.05, 4.69) is 31.0 Å². The lowest BCUT2D eigenvalue weighted by Gasteiger charge is -2.06. The molecule has 0 saturated carbocycles. The number of ether oxygens (including phenoxy) is 1. The molecule has 2 heterocycles. The van der Waals surface area contributed by atoms with Gasteiger partial charge in [0, 0.05) is 29.8 Å². The summed E-state index contributed by atoms with van der Waals surface area (Å²) < 4.78 is 8.53. The van der Waals surface area contributed by atoms with Crippen LogP contribution in [0, 0.1) is 13.8 Å². The molecule has 0 N–H and O–H groups in total. The van der Waals surface area contributed by atoms with Crippen LogP contribution in [0.4, 0.5) is 0 Å². The molecule has 2 aromatic carbocycles. The van der Waals surface area contributed by atoms with Crippen molar-refractivity contribution in [2.45, 2.75) is 13.8 Å². The highest BCUT2D eigenvalue weighted by atomic mass is 16.5. The SMILES string of the molecule is COc1ccc(-n2ccn3cc(-c4ccc(C)c(C)c4)nc3c2=O)cc1. The van der Waals surface area contributed by atoms with E-state index in [9.17, 15) is 4.79 Å². The number of fused-ring (bicyclic) bond motifs is 1. The van der Waals surface area contributed by atoms with Crippen molar-refractivity contribution in [2.75, 3.05) is 7.11 Å². The fourth-order valence-corrected chi connectivity index (χ4v) is 2.97. The smallest absolute Gasteiger partial charge is 0.298 e. The van der Waals surface area contributed by atoms with E-state index in [-0.39, 0.29) is 5.56 Å². The first kappa shape index (κ1) is 16.1. The summed E-state index contributed by atoms with van der Waals surface area (Å²) in [6.45, 7) is 4.15. The Balaban J connectivity index is 1.82. The van der Waals surface area contributed by atoms with E-state index in [1.807, 2.05) is 42.7 Å². The van der Waals surface area contributed by atoms with Crippen LogP contribution in [-0.2, 0) is 0 Å². The molecule has 0 radical (unpaired) electrons. The summed E-state index contributed by atoms with van der Waals surface area (Å²) in [5, 5.41) is 0. The number of methoxy groups -OCH3 is 1. The Kier molecular flexibility index (Phi) is 3.84. The Bertz CT molecular complexity index is 1150. The number of aromatic nitrogens is 3. The summed E-state index contributed by atoms with van der Waals surface area (Å²) >= 11 is 0. The minimum absolute atomic E-state index is 0.159. The van der Waals surface area contributed by atoms with Crippen molar-refractivity contribution in [1.29, 1.82) is 0 Å². The lowest BCUT2D eigenvalue weighted by molar-refractivity contribution is 0.414. The molecule has 0 aliphatic rings. The molecule has 130 valence electrons. The van der Waals surface area contributed by atoms with Gasteiger partial charge in [-0.1, -0.05) is 12.1 Å². The van der Waals surface area contributed by atoms with Gasteiger partial charge in [0.25, 0.3) is 5.56 Å². The van der Waals surface area contributed by atoms with Gasteiger partial charge >= 0.3 is 0 Å². The molecule has 2 aromatic heterocycles. The van der Waals surface area contributed by atoms with Crippen molar-refractivity contribution in [3.63, 3.8) is 0 Å². The first-order valence-corrected chi connectivity index (χ1v) is 8.39. The van der Waals surface area contributed by atoms with Gasteiger partial charge in [-0.3, -0.25) is 9.36 Å². The van der Waals surface area contributed by atoms with Crippen molar-refractivity contribution in [2.24, 2.45) is 0 Å². The maximum absolute atomic E-state index is 12.9. The average molecular weight is 345 g/mol. The fourth-order valence-electron chi connectivity index (χ4n) is 2.97. The Morgan fingerprint density at radius 3 is 2.42 bits per heavy atom. The van der Waals surface area contributed by atoms with Crippen molar-refractivity contribution in [1.82, 2.24) is 14.0 Å². The Morgan fingerprint density at radius 1 is 0.962 bits per heavy atom.